The van der Waals surface area contributed by atoms with E-state index in [0.29, 0.717) is 0 Å². The van der Waals surface area contributed by atoms with Crippen LogP contribution in [0.5, 0.6) is 0 Å². The summed E-state index contributed by atoms with van der Waals surface area (Å²) in [4.78, 5) is 25.9. The van der Waals surface area contributed by atoms with Gasteiger partial charge < -0.3 is 219 Å². The molecule has 0 aliphatic carbocycles. The van der Waals surface area contributed by atoms with Crippen LogP contribution in [-0.2, 0) is 90.1 Å². The molecule has 27 N–H and O–H groups in total. The van der Waals surface area contributed by atoms with E-state index >= 15 is 0 Å². The molecule has 46 heteroatoms. The first-order valence-electron chi connectivity index (χ1n) is 32.9. The number of aliphatic hydroxyl groups excluding tert-OH is 25. The molecule has 0 spiro atoms. The Morgan fingerprint density at radius 3 is 1.07 bits per heavy atom. The summed E-state index contributed by atoms with van der Waals surface area (Å²) in [5, 5.41) is 279. The van der Waals surface area contributed by atoms with Gasteiger partial charge in [0, 0.05) is 13.8 Å². The zero-order valence-electron chi connectivity index (χ0n) is 55.0. The van der Waals surface area contributed by atoms with Gasteiger partial charge in [0.1, 0.15) is 207 Å². The first-order valence-corrected chi connectivity index (χ1v) is 32.9. The molecule has 0 unspecified atom stereocenters. The molecule has 2 amide bonds. The minimum Gasteiger partial charge on any atom is -0.394 e. The van der Waals surface area contributed by atoms with Crippen LogP contribution in [0.15, 0.2) is 0 Å². The molecule has 9 aliphatic rings. The normalized spacial score (nSPS) is 51.5. The van der Waals surface area contributed by atoms with Crippen LogP contribution in [-0.4, -0.2) is 462 Å². The van der Waals surface area contributed by atoms with Gasteiger partial charge >= 0.3 is 0 Å². The van der Waals surface area contributed by atoms with E-state index in [1.165, 1.54) is 6.92 Å². The average molecular weight is 1510 g/mol. The Morgan fingerprint density at radius 1 is 0.272 bits per heavy atom. The molecule has 0 radical (unpaired) electrons. The molecule has 0 aromatic rings. The average Bonchev–Trinajstić information content (AvgIpc) is 1.45. The van der Waals surface area contributed by atoms with Crippen LogP contribution in [0.1, 0.15) is 20.8 Å². The number of carbonyl (C=O) groups is 2. The molecule has 46 nitrogen and oxygen atoms in total. The molecule has 0 aromatic carbocycles. The molecule has 103 heavy (non-hydrogen) atoms. The lowest BCUT2D eigenvalue weighted by Crippen LogP contribution is -2.71. The van der Waals surface area contributed by atoms with E-state index in [1.54, 1.807) is 0 Å². The second-order valence-corrected chi connectivity index (χ2v) is 26.2. The Labute approximate surface area is 582 Å². The number of hydrogen-bond donors (Lipinski definition) is 27. The standard InChI is InChI=1S/C57H96N2O44/c1-12-25(68)33(76)39(82)53(89-12)100-45-24(59-14(3)67)49(86)90-20(9-65)44(45)99-50-23(58-13(2)66)32(75)43(19(8-64)95-50)98-57-48(103-54-37(80)29(72)18(7-63)94-54)47(102-56-41(84)36(79)28(71)17(6-62)93-56)31(74)22(97-57)11-88-52-42(85)46(101-55-40(83)35(78)27(70)16(5-61)92-55)30(73)21(96-52)10-87-51-38(81)34(77)26(69)15(4-60)91-51/h12,15-57,60-65,68-86H,4-11H2,1-3H3,(H,58,66)(H,59,67)/t12-,15+,16+,17+,18+,19+,20+,21+,22+,23+,24+,25+,26+,27+,28+,29-,30+,31+,32+,33+,34-,35-,36-,37+,38-,39-,40-,41-,42-,43+,44+,45+,46-,47-,48-,49+,50-,51-,52-,53-,54-,55+,56+,57-/m0/s1. The van der Waals surface area contributed by atoms with Crippen LogP contribution in [0, 0.1) is 0 Å². The highest BCUT2D eigenvalue weighted by molar-refractivity contribution is 5.73. The Bertz CT molecular complexity index is 2640. The molecule has 44 atom stereocenters. The first-order chi connectivity index (χ1) is 48.7. The smallest absolute Gasteiger partial charge is 0.217 e. The number of ether oxygens (including phenoxy) is 17. The molecular weight excluding hydrogens is 1420 g/mol. The third-order valence-electron chi connectivity index (χ3n) is 19.1. The lowest BCUT2D eigenvalue weighted by Gasteiger charge is -2.51. The van der Waals surface area contributed by atoms with Gasteiger partial charge in [0.2, 0.25) is 11.8 Å². The topological polar surface area (TPSA) is 721 Å². The minimum atomic E-state index is -2.44. The first kappa shape index (κ1) is 84.3. The van der Waals surface area contributed by atoms with Crippen molar-refractivity contribution in [3.63, 3.8) is 0 Å². The predicted octanol–water partition coefficient (Wildman–Crippen LogP) is -18.7. The summed E-state index contributed by atoms with van der Waals surface area (Å²) in [7, 11) is 0. The molecule has 9 saturated heterocycles. The SMILES string of the molecule is CC(=O)N[C@@H]1[C@@H](O[C@@H]2O[C@@H](C)[C@@H](O)[C@@H](O)[C@@H]2O)[C@H](O[C@@H]2O[C@H](CO)[C@@H](O[C@@H]3O[C@H](CO[C@H]4O[C@H](CO[C@H]5O[C@H](CO)[C@@H](O)[C@H](O)[C@@H]5O)[C@@H](O)[C@H](O[C@H]5O[C@H](CO)[C@@H](O)[C@H](O)[C@@H]5O)[C@@H]4O)[C@@H](O)[C@H](O[C@H]4O[C@H](CO)[C@@H](O)[C@H](O)[C@@H]4O)[C@@H]3O[C@@H]3O[C@H](CO)[C@H](O)[C@H]3O)[C@H](O)[C@H]2NC(C)=O)[C@@H](CO)O[C@H]1O. The van der Waals surface area contributed by atoms with Crippen LogP contribution < -0.4 is 10.6 Å². The summed E-state index contributed by atoms with van der Waals surface area (Å²) in [5.74, 6) is -1.82. The van der Waals surface area contributed by atoms with Crippen molar-refractivity contribution in [2.45, 2.75) is 291 Å². The Balaban J connectivity index is 1.07. The van der Waals surface area contributed by atoms with Gasteiger partial charge in [-0.1, -0.05) is 0 Å². The fourth-order valence-electron chi connectivity index (χ4n) is 13.3. The Morgan fingerprint density at radius 2 is 0.592 bits per heavy atom. The van der Waals surface area contributed by atoms with Crippen LogP contribution in [0.3, 0.4) is 0 Å². The van der Waals surface area contributed by atoms with E-state index in [0.717, 1.165) is 13.8 Å². The van der Waals surface area contributed by atoms with Crippen molar-refractivity contribution in [2.24, 2.45) is 0 Å². The number of amides is 2. The van der Waals surface area contributed by atoms with Crippen LogP contribution in [0.4, 0.5) is 0 Å². The molecule has 598 valence electrons. The van der Waals surface area contributed by atoms with Gasteiger partial charge in [-0.05, 0) is 6.92 Å². The van der Waals surface area contributed by atoms with Crippen LogP contribution >= 0.6 is 0 Å². The van der Waals surface area contributed by atoms with Crippen molar-refractivity contribution in [3.8, 4) is 0 Å². The summed E-state index contributed by atoms with van der Waals surface area (Å²) >= 11 is 0. The maximum atomic E-state index is 13.2. The molecule has 9 aliphatic heterocycles. The highest BCUT2D eigenvalue weighted by Gasteiger charge is 2.61. The van der Waals surface area contributed by atoms with Crippen LogP contribution in [0.2, 0.25) is 0 Å². The molecule has 9 rings (SSSR count). The number of hydrogen-bond acceptors (Lipinski definition) is 44. The maximum absolute atomic E-state index is 13.2. The largest absolute Gasteiger partial charge is 0.394 e. The predicted molar refractivity (Wildman–Crippen MR) is 313 cm³/mol. The van der Waals surface area contributed by atoms with E-state index in [9.17, 15) is 137 Å². The fraction of sp³-hybridized carbons (Fsp3) is 0.965. The fourth-order valence-corrected chi connectivity index (χ4v) is 13.3. The van der Waals surface area contributed by atoms with Crippen LogP contribution in [0.25, 0.3) is 0 Å². The maximum Gasteiger partial charge on any atom is 0.217 e. The van der Waals surface area contributed by atoms with E-state index in [4.69, 9.17) is 80.5 Å². The summed E-state index contributed by atoms with van der Waals surface area (Å²) in [5.41, 5.74) is 0. The zero-order valence-corrected chi connectivity index (χ0v) is 55.0. The third-order valence-corrected chi connectivity index (χ3v) is 19.1. The highest BCUT2D eigenvalue weighted by Crippen LogP contribution is 2.40. The lowest BCUT2D eigenvalue weighted by molar-refractivity contribution is -0.400. The third kappa shape index (κ3) is 18.2. The van der Waals surface area contributed by atoms with E-state index < -0.39 is 335 Å². The monoisotopic (exact) mass is 1510 g/mol. The van der Waals surface area contributed by atoms with E-state index in [1.807, 2.05) is 0 Å². The zero-order chi connectivity index (χ0) is 75.6. The Hall–Kier alpha value is -2.74. The van der Waals surface area contributed by atoms with Gasteiger partial charge in [-0.15, -0.1) is 0 Å². The van der Waals surface area contributed by atoms with Crippen molar-refractivity contribution >= 4 is 11.8 Å². The highest BCUT2D eigenvalue weighted by atomic mass is 16.8. The van der Waals surface area contributed by atoms with Gasteiger partial charge in [0.25, 0.3) is 0 Å². The minimum absolute atomic E-state index is 0.843. The summed E-state index contributed by atoms with van der Waals surface area (Å²) in [6.45, 7) is -5.26. The molecule has 0 aromatic heterocycles. The molecule has 0 bridgehead atoms. The number of nitrogens with one attached hydrogen (secondary N) is 2. The van der Waals surface area contributed by atoms with Gasteiger partial charge in [-0.25, -0.2) is 0 Å². The lowest BCUT2D eigenvalue weighted by atomic mass is 9.93. The van der Waals surface area contributed by atoms with Crippen molar-refractivity contribution in [3.05, 3.63) is 0 Å². The number of rotatable bonds is 26. The molecule has 9 fully saturated rings. The van der Waals surface area contributed by atoms with Gasteiger partial charge in [0.15, 0.2) is 56.6 Å². The van der Waals surface area contributed by atoms with Crippen molar-refractivity contribution in [1.82, 2.24) is 10.6 Å². The van der Waals surface area contributed by atoms with Crippen molar-refractivity contribution in [2.75, 3.05) is 52.9 Å². The quantitative estimate of drug-likeness (QED) is 0.0382. The second kappa shape index (κ2) is 36.4. The number of carbonyl (C=O) groups excluding carboxylic acids is 2. The Kier molecular flexibility index (Phi) is 29.8. The van der Waals surface area contributed by atoms with Gasteiger partial charge in [-0.2, -0.15) is 0 Å². The van der Waals surface area contributed by atoms with E-state index in [2.05, 4.69) is 10.6 Å². The second-order valence-electron chi connectivity index (χ2n) is 26.2. The van der Waals surface area contributed by atoms with E-state index in [-0.39, 0.29) is 0 Å². The summed E-state index contributed by atoms with van der Waals surface area (Å²) in [6.07, 6.45) is -85.6. The summed E-state index contributed by atoms with van der Waals surface area (Å²) < 4.78 is 100. The molecule has 9 heterocycles. The molecular formula is C57H96N2O44. The van der Waals surface area contributed by atoms with Gasteiger partial charge in [0.05, 0.1) is 59.0 Å². The number of aliphatic hydroxyl groups is 25. The van der Waals surface area contributed by atoms with Crippen molar-refractivity contribution < 1.29 is 218 Å². The molecule has 0 saturated carbocycles. The van der Waals surface area contributed by atoms with Crippen molar-refractivity contribution in [1.29, 1.82) is 0 Å². The van der Waals surface area contributed by atoms with Gasteiger partial charge in [-0.3, -0.25) is 9.59 Å². The summed E-state index contributed by atoms with van der Waals surface area (Å²) in [6, 6.07) is -3.75.